The molecule has 0 saturated heterocycles. The Balaban J connectivity index is 1.48. The fraction of sp³-hybridized carbons (Fsp3) is 0.211. The molecule has 2 heterocycles. The Morgan fingerprint density at radius 2 is 2.07 bits per heavy atom. The molecule has 0 saturated carbocycles. The maximum Gasteiger partial charge on any atom is 0.325 e. The third kappa shape index (κ3) is 4.95. The van der Waals surface area contributed by atoms with Crippen molar-refractivity contribution in [3.63, 3.8) is 0 Å². The van der Waals surface area contributed by atoms with Crippen LogP contribution in [-0.2, 0) is 16.1 Å². The number of carbonyl (C=O) groups is 2. The molecule has 2 aromatic heterocycles. The van der Waals surface area contributed by atoms with Gasteiger partial charge in [0.25, 0.3) is 5.91 Å². The summed E-state index contributed by atoms with van der Waals surface area (Å²) < 4.78 is 15.9. The van der Waals surface area contributed by atoms with Gasteiger partial charge in [0.05, 0.1) is 17.0 Å². The summed E-state index contributed by atoms with van der Waals surface area (Å²) in [5.41, 5.74) is 0.865. The van der Waals surface area contributed by atoms with Crippen LogP contribution in [0.4, 0.5) is 0 Å². The second-order valence-corrected chi connectivity index (χ2v) is 6.34. The quantitative estimate of drug-likeness (QED) is 0.598. The first-order chi connectivity index (χ1) is 13.2. The molecule has 0 aliphatic rings. The summed E-state index contributed by atoms with van der Waals surface area (Å²) in [6.07, 6.45) is 1.44. The Hall–Kier alpha value is -3.13. The van der Waals surface area contributed by atoms with E-state index >= 15 is 0 Å². The van der Waals surface area contributed by atoms with E-state index in [0.717, 1.165) is 4.88 Å². The first-order valence-electron chi connectivity index (χ1n) is 8.31. The average Bonchev–Trinajstić information content (AvgIpc) is 3.36. The van der Waals surface area contributed by atoms with Gasteiger partial charge in [-0.15, -0.1) is 11.3 Å². The predicted molar refractivity (Wildman–Crippen MR) is 99.6 cm³/mol. The minimum atomic E-state index is -0.571. The van der Waals surface area contributed by atoms with Gasteiger partial charge in [-0.25, -0.2) is 4.98 Å². The molecule has 7 nitrogen and oxygen atoms in total. The summed E-state index contributed by atoms with van der Waals surface area (Å²) in [7, 11) is 0. The topological polar surface area (TPSA) is 90.7 Å². The van der Waals surface area contributed by atoms with Crippen molar-refractivity contribution < 1.29 is 23.5 Å². The van der Waals surface area contributed by atoms with E-state index in [1.807, 2.05) is 24.4 Å². The van der Waals surface area contributed by atoms with E-state index in [0.29, 0.717) is 29.5 Å². The third-order valence-corrected chi connectivity index (χ3v) is 4.35. The number of hydrogen-bond donors (Lipinski definition) is 1. The molecule has 8 heteroatoms. The smallest absolute Gasteiger partial charge is 0.325 e. The Morgan fingerprint density at radius 3 is 2.85 bits per heavy atom. The number of esters is 1. The van der Waals surface area contributed by atoms with Gasteiger partial charge in [0, 0.05) is 0 Å². The van der Waals surface area contributed by atoms with Crippen LogP contribution in [0.5, 0.6) is 5.75 Å². The van der Waals surface area contributed by atoms with Crippen molar-refractivity contribution in [1.82, 2.24) is 10.3 Å². The average molecular weight is 386 g/mol. The van der Waals surface area contributed by atoms with Crippen molar-refractivity contribution in [2.24, 2.45) is 0 Å². The standard InChI is InChI=1S/C19H18N2O5S/c1-2-24-15-7-4-3-6-14(15)18(23)20-10-17(22)25-11-13-12-26-19(21-13)16-8-5-9-27-16/h3-9,12H,2,10-11H2,1H3,(H,20,23). The molecule has 140 valence electrons. The fourth-order valence-corrected chi connectivity index (χ4v) is 2.93. The number of aromatic nitrogens is 1. The largest absolute Gasteiger partial charge is 0.493 e. The predicted octanol–water partition coefficient (Wildman–Crippen LogP) is 3.28. The third-order valence-electron chi connectivity index (χ3n) is 3.49. The summed E-state index contributed by atoms with van der Waals surface area (Å²) in [6, 6.07) is 10.6. The van der Waals surface area contributed by atoms with Crippen molar-refractivity contribution in [1.29, 1.82) is 0 Å². The summed E-state index contributed by atoms with van der Waals surface area (Å²) in [5.74, 6) is -0.0261. The SMILES string of the molecule is CCOc1ccccc1C(=O)NCC(=O)OCc1coc(-c2cccs2)n1. The van der Waals surface area contributed by atoms with Crippen molar-refractivity contribution in [2.45, 2.75) is 13.5 Å². The van der Waals surface area contributed by atoms with E-state index in [2.05, 4.69) is 10.3 Å². The molecule has 0 unspecified atom stereocenters. The first kappa shape index (κ1) is 18.7. The molecule has 0 fully saturated rings. The van der Waals surface area contributed by atoms with Crippen LogP contribution < -0.4 is 10.1 Å². The number of para-hydroxylation sites is 1. The van der Waals surface area contributed by atoms with Crippen LogP contribution in [0.2, 0.25) is 0 Å². The molecule has 0 aliphatic carbocycles. The maximum atomic E-state index is 12.2. The number of hydrogen-bond acceptors (Lipinski definition) is 7. The molecule has 1 aromatic carbocycles. The van der Waals surface area contributed by atoms with Gasteiger partial charge < -0.3 is 19.2 Å². The van der Waals surface area contributed by atoms with Gasteiger partial charge in [0.15, 0.2) is 0 Å². The normalized spacial score (nSPS) is 10.4. The molecule has 0 radical (unpaired) electrons. The molecule has 0 bridgehead atoms. The van der Waals surface area contributed by atoms with Crippen LogP contribution in [0.1, 0.15) is 23.0 Å². The number of nitrogens with one attached hydrogen (secondary N) is 1. The summed E-state index contributed by atoms with van der Waals surface area (Å²) in [4.78, 5) is 29.3. The zero-order valence-electron chi connectivity index (χ0n) is 14.6. The second-order valence-electron chi connectivity index (χ2n) is 5.39. The molecule has 0 aliphatic heterocycles. The number of thiophene rings is 1. The zero-order chi connectivity index (χ0) is 19.1. The van der Waals surface area contributed by atoms with E-state index in [-0.39, 0.29) is 13.2 Å². The lowest BCUT2D eigenvalue weighted by Gasteiger charge is -2.10. The van der Waals surface area contributed by atoms with Crippen LogP contribution in [0, 0.1) is 0 Å². The first-order valence-corrected chi connectivity index (χ1v) is 9.19. The number of ether oxygens (including phenoxy) is 2. The van der Waals surface area contributed by atoms with E-state index in [4.69, 9.17) is 13.9 Å². The van der Waals surface area contributed by atoms with Crippen molar-refractivity contribution in [3.05, 3.63) is 59.3 Å². The molecule has 0 spiro atoms. The highest BCUT2D eigenvalue weighted by Crippen LogP contribution is 2.23. The number of benzene rings is 1. The number of rotatable bonds is 8. The molecule has 0 atom stereocenters. The van der Waals surface area contributed by atoms with Gasteiger partial charge >= 0.3 is 5.97 Å². The molecule has 1 amide bonds. The molecule has 3 rings (SSSR count). The Morgan fingerprint density at radius 1 is 1.22 bits per heavy atom. The molecular formula is C19H18N2O5S. The van der Waals surface area contributed by atoms with Crippen LogP contribution in [0.25, 0.3) is 10.8 Å². The van der Waals surface area contributed by atoms with Crippen molar-refractivity contribution in [3.8, 4) is 16.5 Å². The van der Waals surface area contributed by atoms with E-state index in [1.165, 1.54) is 17.6 Å². The minimum Gasteiger partial charge on any atom is -0.493 e. The highest BCUT2D eigenvalue weighted by molar-refractivity contribution is 7.13. The highest BCUT2D eigenvalue weighted by Gasteiger charge is 2.14. The zero-order valence-corrected chi connectivity index (χ0v) is 15.5. The van der Waals surface area contributed by atoms with Crippen molar-refractivity contribution >= 4 is 23.2 Å². The van der Waals surface area contributed by atoms with Gasteiger partial charge in [-0.05, 0) is 30.5 Å². The van der Waals surface area contributed by atoms with E-state index < -0.39 is 11.9 Å². The number of carbonyl (C=O) groups excluding carboxylic acids is 2. The molecule has 27 heavy (non-hydrogen) atoms. The highest BCUT2D eigenvalue weighted by atomic mass is 32.1. The lowest BCUT2D eigenvalue weighted by Crippen LogP contribution is -2.30. The van der Waals surface area contributed by atoms with E-state index in [9.17, 15) is 9.59 Å². The van der Waals surface area contributed by atoms with Crippen LogP contribution in [0.15, 0.2) is 52.5 Å². The van der Waals surface area contributed by atoms with Crippen LogP contribution in [-0.4, -0.2) is 30.0 Å². The summed E-state index contributed by atoms with van der Waals surface area (Å²) in [6.45, 7) is 1.99. The van der Waals surface area contributed by atoms with Crippen molar-refractivity contribution in [2.75, 3.05) is 13.2 Å². The second kappa shape index (κ2) is 9.00. The van der Waals surface area contributed by atoms with E-state index in [1.54, 1.807) is 24.3 Å². The number of amides is 1. The minimum absolute atomic E-state index is 0.0287. The Bertz CT molecular complexity index is 904. The molecule has 1 N–H and O–H groups in total. The lowest BCUT2D eigenvalue weighted by atomic mass is 10.2. The van der Waals surface area contributed by atoms with Gasteiger partial charge in [-0.1, -0.05) is 18.2 Å². The number of oxazole rings is 1. The monoisotopic (exact) mass is 386 g/mol. The Kier molecular flexibility index (Phi) is 6.22. The fourth-order valence-electron chi connectivity index (χ4n) is 2.28. The number of nitrogens with zero attached hydrogens (tertiary/aromatic N) is 1. The maximum absolute atomic E-state index is 12.2. The van der Waals surface area contributed by atoms with Gasteiger partial charge in [0.2, 0.25) is 5.89 Å². The van der Waals surface area contributed by atoms with Gasteiger partial charge in [0.1, 0.15) is 30.9 Å². The molecule has 3 aromatic rings. The van der Waals surface area contributed by atoms with Gasteiger partial charge in [-0.3, -0.25) is 9.59 Å². The lowest BCUT2D eigenvalue weighted by molar-refractivity contribution is -0.143. The Labute approximate surface area is 159 Å². The van der Waals surface area contributed by atoms with Crippen LogP contribution in [0.3, 0.4) is 0 Å². The summed E-state index contributed by atoms with van der Waals surface area (Å²) >= 11 is 1.51. The van der Waals surface area contributed by atoms with Gasteiger partial charge in [-0.2, -0.15) is 0 Å². The molecular weight excluding hydrogens is 368 g/mol. The summed E-state index contributed by atoms with van der Waals surface area (Å²) in [5, 5.41) is 4.45. The van der Waals surface area contributed by atoms with Crippen LogP contribution >= 0.6 is 11.3 Å².